The van der Waals surface area contributed by atoms with E-state index < -0.39 is 0 Å². The topological polar surface area (TPSA) is 12.0 Å². The number of nitrogens with one attached hydrogen (secondary N) is 1. The van der Waals surface area contributed by atoms with Gasteiger partial charge in [-0.1, -0.05) is 26.7 Å². The molecule has 1 fully saturated rings. The van der Waals surface area contributed by atoms with E-state index in [4.69, 9.17) is 0 Å². The van der Waals surface area contributed by atoms with Gasteiger partial charge in [-0.3, -0.25) is 0 Å². The molecule has 1 aliphatic carbocycles. The van der Waals surface area contributed by atoms with Crippen LogP contribution in [0.25, 0.3) is 0 Å². The SMILES string of the molecule is CCCN[C@@H]1CCCC[C@@H]1C. The Kier molecular flexibility index (Phi) is 3.92. The lowest BCUT2D eigenvalue weighted by Gasteiger charge is -2.29. The fourth-order valence-corrected chi connectivity index (χ4v) is 1.95. The summed E-state index contributed by atoms with van der Waals surface area (Å²) in [4.78, 5) is 0. The van der Waals surface area contributed by atoms with E-state index in [0.717, 1.165) is 12.0 Å². The average molecular weight is 155 g/mol. The molecule has 0 amide bonds. The molecule has 1 heteroatoms. The van der Waals surface area contributed by atoms with E-state index in [1.54, 1.807) is 0 Å². The molecule has 1 N–H and O–H groups in total. The Balaban J connectivity index is 2.18. The lowest BCUT2D eigenvalue weighted by atomic mass is 9.86. The Morgan fingerprint density at radius 1 is 1.27 bits per heavy atom. The van der Waals surface area contributed by atoms with E-state index in [1.807, 2.05) is 0 Å². The number of hydrogen-bond acceptors (Lipinski definition) is 1. The first-order chi connectivity index (χ1) is 5.34. The molecule has 0 bridgehead atoms. The smallest absolute Gasteiger partial charge is 0.00926 e. The van der Waals surface area contributed by atoms with Crippen LogP contribution >= 0.6 is 0 Å². The van der Waals surface area contributed by atoms with E-state index in [2.05, 4.69) is 19.2 Å². The predicted molar refractivity (Wildman–Crippen MR) is 49.7 cm³/mol. The van der Waals surface area contributed by atoms with Gasteiger partial charge in [-0.15, -0.1) is 0 Å². The van der Waals surface area contributed by atoms with Crippen molar-refractivity contribution in [2.75, 3.05) is 6.54 Å². The third kappa shape index (κ3) is 2.82. The van der Waals surface area contributed by atoms with Crippen LogP contribution in [0.1, 0.15) is 46.0 Å². The highest BCUT2D eigenvalue weighted by Crippen LogP contribution is 2.23. The minimum atomic E-state index is 0.823. The minimum Gasteiger partial charge on any atom is -0.314 e. The first-order valence-corrected chi connectivity index (χ1v) is 5.08. The molecule has 1 aliphatic rings. The van der Waals surface area contributed by atoms with Gasteiger partial charge in [0.05, 0.1) is 0 Å². The molecule has 0 unspecified atom stereocenters. The average Bonchev–Trinajstić information content (AvgIpc) is 2.03. The number of rotatable bonds is 3. The maximum Gasteiger partial charge on any atom is 0.00926 e. The molecule has 0 aromatic rings. The Morgan fingerprint density at radius 3 is 2.64 bits per heavy atom. The van der Waals surface area contributed by atoms with E-state index in [-0.39, 0.29) is 0 Å². The molecule has 1 rings (SSSR count). The third-order valence-electron chi connectivity index (χ3n) is 2.77. The summed E-state index contributed by atoms with van der Waals surface area (Å²) in [5, 5.41) is 3.62. The lowest BCUT2D eigenvalue weighted by Crippen LogP contribution is -2.37. The van der Waals surface area contributed by atoms with Crippen LogP contribution in [0.5, 0.6) is 0 Å². The van der Waals surface area contributed by atoms with Gasteiger partial charge >= 0.3 is 0 Å². The second-order valence-corrected chi connectivity index (χ2v) is 3.82. The summed E-state index contributed by atoms with van der Waals surface area (Å²) in [5.41, 5.74) is 0. The molecular formula is C10H21N. The quantitative estimate of drug-likeness (QED) is 0.660. The largest absolute Gasteiger partial charge is 0.314 e. The fourth-order valence-electron chi connectivity index (χ4n) is 1.95. The Labute approximate surface area is 70.6 Å². The molecule has 0 saturated heterocycles. The molecule has 0 heterocycles. The Bertz CT molecular complexity index is 101. The number of hydrogen-bond donors (Lipinski definition) is 1. The molecule has 1 saturated carbocycles. The van der Waals surface area contributed by atoms with Crippen molar-refractivity contribution in [2.45, 2.75) is 52.0 Å². The third-order valence-corrected chi connectivity index (χ3v) is 2.77. The highest BCUT2D eigenvalue weighted by atomic mass is 14.9. The van der Waals surface area contributed by atoms with Crippen LogP contribution in [-0.2, 0) is 0 Å². The fraction of sp³-hybridized carbons (Fsp3) is 1.00. The van der Waals surface area contributed by atoms with Gasteiger partial charge in [0, 0.05) is 6.04 Å². The molecule has 0 radical (unpaired) electrons. The minimum absolute atomic E-state index is 0.823. The van der Waals surface area contributed by atoms with Crippen molar-refractivity contribution >= 4 is 0 Å². The van der Waals surface area contributed by atoms with Gasteiger partial charge in [-0.05, 0) is 31.7 Å². The van der Waals surface area contributed by atoms with Crippen molar-refractivity contribution < 1.29 is 0 Å². The van der Waals surface area contributed by atoms with Gasteiger partial charge in [-0.25, -0.2) is 0 Å². The van der Waals surface area contributed by atoms with Gasteiger partial charge in [0.15, 0.2) is 0 Å². The second-order valence-electron chi connectivity index (χ2n) is 3.82. The molecule has 0 aromatic heterocycles. The molecule has 11 heavy (non-hydrogen) atoms. The summed E-state index contributed by atoms with van der Waals surface area (Å²) in [6, 6.07) is 0.823. The van der Waals surface area contributed by atoms with E-state index in [9.17, 15) is 0 Å². The Hall–Kier alpha value is -0.0400. The van der Waals surface area contributed by atoms with E-state index >= 15 is 0 Å². The highest BCUT2D eigenvalue weighted by Gasteiger charge is 2.19. The summed E-state index contributed by atoms with van der Waals surface area (Å²) in [6.07, 6.45) is 6.99. The summed E-state index contributed by atoms with van der Waals surface area (Å²) in [5.74, 6) is 0.912. The van der Waals surface area contributed by atoms with Crippen LogP contribution in [0.2, 0.25) is 0 Å². The monoisotopic (exact) mass is 155 g/mol. The molecule has 2 atom stereocenters. The maximum atomic E-state index is 3.62. The van der Waals surface area contributed by atoms with E-state index in [0.29, 0.717) is 0 Å². The van der Waals surface area contributed by atoms with E-state index in [1.165, 1.54) is 38.6 Å². The first kappa shape index (κ1) is 9.05. The zero-order chi connectivity index (χ0) is 8.10. The molecule has 0 aromatic carbocycles. The molecular weight excluding hydrogens is 134 g/mol. The normalized spacial score (nSPS) is 32.2. The Morgan fingerprint density at radius 2 is 2.00 bits per heavy atom. The van der Waals surface area contributed by atoms with Crippen LogP contribution < -0.4 is 5.32 Å². The molecule has 1 nitrogen and oxygen atoms in total. The molecule has 0 spiro atoms. The predicted octanol–water partition coefficient (Wildman–Crippen LogP) is 2.56. The van der Waals surface area contributed by atoms with Gasteiger partial charge in [-0.2, -0.15) is 0 Å². The zero-order valence-corrected chi connectivity index (χ0v) is 7.90. The van der Waals surface area contributed by atoms with Crippen LogP contribution in [0.15, 0.2) is 0 Å². The summed E-state index contributed by atoms with van der Waals surface area (Å²) >= 11 is 0. The van der Waals surface area contributed by atoms with Crippen molar-refractivity contribution in [2.24, 2.45) is 5.92 Å². The van der Waals surface area contributed by atoms with Crippen LogP contribution in [0.4, 0.5) is 0 Å². The van der Waals surface area contributed by atoms with Crippen molar-refractivity contribution in [3.8, 4) is 0 Å². The van der Waals surface area contributed by atoms with Gasteiger partial charge in [0.1, 0.15) is 0 Å². The van der Waals surface area contributed by atoms with Crippen LogP contribution in [0, 0.1) is 5.92 Å². The van der Waals surface area contributed by atoms with Crippen molar-refractivity contribution in [3.63, 3.8) is 0 Å². The van der Waals surface area contributed by atoms with Crippen LogP contribution in [0.3, 0.4) is 0 Å². The van der Waals surface area contributed by atoms with Crippen molar-refractivity contribution in [3.05, 3.63) is 0 Å². The van der Waals surface area contributed by atoms with Crippen molar-refractivity contribution in [1.82, 2.24) is 5.32 Å². The first-order valence-electron chi connectivity index (χ1n) is 5.08. The standard InChI is InChI=1S/C10H21N/c1-3-8-11-10-7-5-4-6-9(10)2/h9-11H,3-8H2,1-2H3/t9-,10+/m0/s1. The molecule has 0 aliphatic heterocycles. The zero-order valence-electron chi connectivity index (χ0n) is 7.90. The maximum absolute atomic E-state index is 3.62. The second kappa shape index (κ2) is 4.76. The van der Waals surface area contributed by atoms with Crippen LogP contribution in [-0.4, -0.2) is 12.6 Å². The summed E-state index contributed by atoms with van der Waals surface area (Å²) < 4.78 is 0. The highest BCUT2D eigenvalue weighted by molar-refractivity contribution is 4.77. The van der Waals surface area contributed by atoms with Gasteiger partial charge in [0.25, 0.3) is 0 Å². The lowest BCUT2D eigenvalue weighted by molar-refractivity contribution is 0.281. The summed E-state index contributed by atoms with van der Waals surface area (Å²) in [7, 11) is 0. The van der Waals surface area contributed by atoms with Crippen molar-refractivity contribution in [1.29, 1.82) is 0 Å². The summed E-state index contributed by atoms with van der Waals surface area (Å²) in [6.45, 7) is 5.82. The van der Waals surface area contributed by atoms with Gasteiger partial charge < -0.3 is 5.32 Å². The van der Waals surface area contributed by atoms with Gasteiger partial charge in [0.2, 0.25) is 0 Å². The molecule has 66 valence electrons.